The van der Waals surface area contributed by atoms with Gasteiger partial charge < -0.3 is 16.0 Å². The molecule has 3 aromatic rings. The number of amides is 3. The van der Waals surface area contributed by atoms with Crippen LogP contribution < -0.4 is 16.0 Å². The Labute approximate surface area is 162 Å². The molecule has 28 heavy (non-hydrogen) atoms. The van der Waals surface area contributed by atoms with E-state index in [4.69, 9.17) is 0 Å². The third-order valence-electron chi connectivity index (χ3n) is 4.06. The van der Waals surface area contributed by atoms with E-state index >= 15 is 0 Å². The van der Waals surface area contributed by atoms with E-state index < -0.39 is 11.8 Å². The smallest absolute Gasteiger partial charge is 0.319 e. The van der Waals surface area contributed by atoms with Gasteiger partial charge in [-0.2, -0.15) is 0 Å². The van der Waals surface area contributed by atoms with Crippen LogP contribution in [0.1, 0.15) is 17.2 Å². The van der Waals surface area contributed by atoms with E-state index in [2.05, 4.69) is 16.0 Å². The second kappa shape index (κ2) is 9.32. The van der Waals surface area contributed by atoms with Gasteiger partial charge in [0.2, 0.25) is 5.91 Å². The number of anilines is 1. The molecule has 0 bridgehead atoms. The summed E-state index contributed by atoms with van der Waals surface area (Å²) < 4.78 is 13.2. The van der Waals surface area contributed by atoms with Gasteiger partial charge in [-0.25, -0.2) is 9.18 Å². The lowest BCUT2D eigenvalue weighted by atomic mass is 9.99. The Morgan fingerprint density at radius 3 is 2.00 bits per heavy atom. The van der Waals surface area contributed by atoms with Gasteiger partial charge >= 0.3 is 6.03 Å². The zero-order valence-corrected chi connectivity index (χ0v) is 15.1. The topological polar surface area (TPSA) is 70.2 Å². The molecule has 3 rings (SSSR count). The van der Waals surface area contributed by atoms with Crippen LogP contribution in [0.4, 0.5) is 14.9 Å². The summed E-state index contributed by atoms with van der Waals surface area (Å²) in [5, 5.41) is 7.90. The van der Waals surface area contributed by atoms with Gasteiger partial charge in [-0.15, -0.1) is 0 Å². The molecule has 0 fully saturated rings. The zero-order chi connectivity index (χ0) is 19.8. The third-order valence-corrected chi connectivity index (χ3v) is 4.06. The third kappa shape index (κ3) is 5.41. The maximum atomic E-state index is 13.2. The van der Waals surface area contributed by atoms with E-state index in [0.717, 1.165) is 11.1 Å². The fraction of sp³-hybridized carbons (Fsp3) is 0.0909. The molecular weight excluding hydrogens is 357 g/mol. The molecule has 0 heterocycles. The van der Waals surface area contributed by atoms with Crippen LogP contribution in [0, 0.1) is 5.82 Å². The SMILES string of the molecule is O=C(CNC(=O)Nc1cccc(F)c1)NC(c1ccccc1)c1ccccc1. The van der Waals surface area contributed by atoms with Crippen molar-refractivity contribution in [2.75, 3.05) is 11.9 Å². The predicted octanol–water partition coefficient (Wildman–Crippen LogP) is 3.85. The van der Waals surface area contributed by atoms with Crippen LogP contribution in [0.25, 0.3) is 0 Å². The lowest BCUT2D eigenvalue weighted by Gasteiger charge is -2.20. The van der Waals surface area contributed by atoms with Crippen molar-refractivity contribution in [3.05, 3.63) is 102 Å². The summed E-state index contributed by atoms with van der Waals surface area (Å²) in [6.45, 7) is -0.211. The molecule has 0 unspecified atom stereocenters. The second-order valence-corrected chi connectivity index (χ2v) is 6.14. The highest BCUT2D eigenvalue weighted by Crippen LogP contribution is 2.21. The standard InChI is InChI=1S/C22H20FN3O2/c23-18-12-7-13-19(14-18)25-22(28)24-15-20(27)26-21(16-8-3-1-4-9-16)17-10-5-2-6-11-17/h1-14,21H,15H2,(H,26,27)(H2,24,25,28). The van der Waals surface area contributed by atoms with E-state index in [9.17, 15) is 14.0 Å². The molecule has 3 aromatic carbocycles. The summed E-state index contributed by atoms with van der Waals surface area (Å²) >= 11 is 0. The highest BCUT2D eigenvalue weighted by Gasteiger charge is 2.17. The molecule has 0 aromatic heterocycles. The van der Waals surface area contributed by atoms with Crippen molar-refractivity contribution >= 4 is 17.6 Å². The first-order chi connectivity index (χ1) is 13.6. The molecule has 0 saturated heterocycles. The zero-order valence-electron chi connectivity index (χ0n) is 15.1. The quantitative estimate of drug-likeness (QED) is 0.611. The fourth-order valence-corrected chi connectivity index (χ4v) is 2.76. The Hall–Kier alpha value is -3.67. The van der Waals surface area contributed by atoms with Crippen molar-refractivity contribution in [1.82, 2.24) is 10.6 Å². The predicted molar refractivity (Wildman–Crippen MR) is 106 cm³/mol. The summed E-state index contributed by atoms with van der Waals surface area (Å²) in [6.07, 6.45) is 0. The van der Waals surface area contributed by atoms with Crippen molar-refractivity contribution in [1.29, 1.82) is 0 Å². The molecular formula is C22H20FN3O2. The maximum absolute atomic E-state index is 13.2. The number of halogens is 1. The number of hydrogen-bond acceptors (Lipinski definition) is 2. The van der Waals surface area contributed by atoms with E-state index in [1.807, 2.05) is 60.7 Å². The number of benzene rings is 3. The number of carbonyl (C=O) groups excluding carboxylic acids is 2. The van der Waals surface area contributed by atoms with Crippen LogP contribution in [0.3, 0.4) is 0 Å². The van der Waals surface area contributed by atoms with Crippen LogP contribution in [-0.4, -0.2) is 18.5 Å². The Morgan fingerprint density at radius 1 is 0.821 bits per heavy atom. The fourth-order valence-electron chi connectivity index (χ4n) is 2.76. The first-order valence-electron chi connectivity index (χ1n) is 8.81. The van der Waals surface area contributed by atoms with Crippen LogP contribution in [0.2, 0.25) is 0 Å². The van der Waals surface area contributed by atoms with Crippen molar-refractivity contribution in [2.45, 2.75) is 6.04 Å². The maximum Gasteiger partial charge on any atom is 0.319 e. The summed E-state index contributed by atoms with van der Waals surface area (Å²) in [4.78, 5) is 24.3. The molecule has 0 spiro atoms. The minimum absolute atomic E-state index is 0.211. The number of nitrogens with one attached hydrogen (secondary N) is 3. The summed E-state index contributed by atoms with van der Waals surface area (Å²) in [7, 11) is 0. The Bertz CT molecular complexity index is 893. The number of urea groups is 1. The average molecular weight is 377 g/mol. The first kappa shape index (κ1) is 19.1. The van der Waals surface area contributed by atoms with Gasteiger partial charge in [0.25, 0.3) is 0 Å². The average Bonchev–Trinajstić information content (AvgIpc) is 2.72. The summed E-state index contributed by atoms with van der Waals surface area (Å²) in [6, 6.07) is 23.8. The van der Waals surface area contributed by atoms with Crippen LogP contribution in [0.15, 0.2) is 84.9 Å². The summed E-state index contributed by atoms with van der Waals surface area (Å²) in [5.41, 5.74) is 2.18. The van der Waals surface area contributed by atoms with Gasteiger partial charge in [-0.1, -0.05) is 66.7 Å². The van der Waals surface area contributed by atoms with Gasteiger partial charge in [-0.05, 0) is 29.3 Å². The minimum atomic E-state index is -0.586. The molecule has 0 saturated carbocycles. The molecule has 0 aliphatic heterocycles. The van der Waals surface area contributed by atoms with E-state index in [0.29, 0.717) is 5.69 Å². The van der Waals surface area contributed by atoms with E-state index in [1.54, 1.807) is 6.07 Å². The number of hydrogen-bond donors (Lipinski definition) is 3. The molecule has 3 amide bonds. The molecule has 5 nitrogen and oxygen atoms in total. The first-order valence-corrected chi connectivity index (χ1v) is 8.81. The molecule has 0 radical (unpaired) electrons. The van der Waals surface area contributed by atoms with Crippen molar-refractivity contribution in [3.8, 4) is 0 Å². The lowest BCUT2D eigenvalue weighted by Crippen LogP contribution is -2.40. The van der Waals surface area contributed by atoms with Crippen LogP contribution >= 0.6 is 0 Å². The van der Waals surface area contributed by atoms with Crippen molar-refractivity contribution < 1.29 is 14.0 Å². The summed E-state index contributed by atoms with van der Waals surface area (Å²) in [5.74, 6) is -0.795. The highest BCUT2D eigenvalue weighted by molar-refractivity contribution is 5.92. The lowest BCUT2D eigenvalue weighted by molar-refractivity contribution is -0.120. The van der Waals surface area contributed by atoms with Gasteiger partial charge in [0.1, 0.15) is 5.82 Å². The van der Waals surface area contributed by atoms with Crippen LogP contribution in [-0.2, 0) is 4.79 Å². The molecule has 6 heteroatoms. The van der Waals surface area contributed by atoms with Gasteiger partial charge in [0, 0.05) is 5.69 Å². The van der Waals surface area contributed by atoms with Gasteiger partial charge in [0.15, 0.2) is 0 Å². The normalized spacial score (nSPS) is 10.4. The van der Waals surface area contributed by atoms with Gasteiger partial charge in [0.05, 0.1) is 12.6 Å². The molecule has 3 N–H and O–H groups in total. The largest absolute Gasteiger partial charge is 0.344 e. The van der Waals surface area contributed by atoms with E-state index in [1.165, 1.54) is 18.2 Å². The minimum Gasteiger partial charge on any atom is -0.344 e. The highest BCUT2D eigenvalue weighted by atomic mass is 19.1. The molecule has 0 aliphatic rings. The second-order valence-electron chi connectivity index (χ2n) is 6.14. The van der Waals surface area contributed by atoms with Gasteiger partial charge in [-0.3, -0.25) is 4.79 Å². The Morgan fingerprint density at radius 2 is 1.43 bits per heavy atom. The van der Waals surface area contributed by atoms with Crippen molar-refractivity contribution in [2.24, 2.45) is 0 Å². The monoisotopic (exact) mass is 377 g/mol. The van der Waals surface area contributed by atoms with Crippen molar-refractivity contribution in [3.63, 3.8) is 0 Å². The van der Waals surface area contributed by atoms with E-state index in [-0.39, 0.29) is 18.5 Å². The Kier molecular flexibility index (Phi) is 6.36. The molecule has 0 atom stereocenters. The number of rotatable bonds is 6. The molecule has 142 valence electrons. The molecule has 0 aliphatic carbocycles. The number of carbonyl (C=O) groups is 2. The van der Waals surface area contributed by atoms with Crippen LogP contribution in [0.5, 0.6) is 0 Å². The Balaban J connectivity index is 1.60.